The van der Waals surface area contributed by atoms with E-state index >= 15 is 0 Å². The number of benzene rings is 2. The molecule has 10 heteroatoms. The van der Waals surface area contributed by atoms with Crippen molar-refractivity contribution in [2.24, 2.45) is 0 Å². The molecule has 0 radical (unpaired) electrons. The van der Waals surface area contributed by atoms with Crippen molar-refractivity contribution >= 4 is 16.8 Å². The van der Waals surface area contributed by atoms with Gasteiger partial charge < -0.3 is 9.84 Å². The molecule has 0 bridgehead atoms. The number of pyridine rings is 1. The Morgan fingerprint density at radius 1 is 1.15 bits per heavy atom. The van der Waals surface area contributed by atoms with Crippen LogP contribution in [-0.4, -0.2) is 46.2 Å². The third kappa shape index (κ3) is 3.97. The van der Waals surface area contributed by atoms with Gasteiger partial charge in [-0.1, -0.05) is 30.3 Å². The molecule has 4 rings (SSSR count). The van der Waals surface area contributed by atoms with Crippen molar-refractivity contribution in [3.8, 4) is 17.0 Å². The van der Waals surface area contributed by atoms with Gasteiger partial charge >= 0.3 is 0 Å². The van der Waals surface area contributed by atoms with E-state index in [0.29, 0.717) is 34.5 Å². The van der Waals surface area contributed by atoms with Crippen LogP contribution in [0.15, 0.2) is 66.4 Å². The molecule has 33 heavy (non-hydrogen) atoms. The van der Waals surface area contributed by atoms with Gasteiger partial charge in [0.15, 0.2) is 0 Å². The van der Waals surface area contributed by atoms with E-state index in [4.69, 9.17) is 4.74 Å². The van der Waals surface area contributed by atoms with Crippen LogP contribution in [0.2, 0.25) is 0 Å². The summed E-state index contributed by atoms with van der Waals surface area (Å²) < 4.78 is 59.4. The van der Waals surface area contributed by atoms with Crippen molar-refractivity contribution in [3.63, 3.8) is 0 Å². The van der Waals surface area contributed by atoms with Crippen LogP contribution in [0.1, 0.15) is 17.3 Å². The Kier molecular flexibility index (Phi) is 5.94. The van der Waals surface area contributed by atoms with E-state index in [-0.39, 0.29) is 16.6 Å². The monoisotopic (exact) mass is 461 g/mol. The third-order valence-corrected chi connectivity index (χ3v) is 5.14. The fraction of sp³-hybridized carbons (Fsp3) is 0.217. The van der Waals surface area contributed by atoms with Gasteiger partial charge in [0, 0.05) is 17.0 Å². The summed E-state index contributed by atoms with van der Waals surface area (Å²) in [6.07, 6.45) is -6.48. The summed E-state index contributed by atoms with van der Waals surface area (Å²) in [5.41, 5.74) is -1.20. The van der Waals surface area contributed by atoms with Gasteiger partial charge in [-0.25, -0.2) is 27.6 Å². The SMILES string of the molecule is CCOc1ccccc1-c1cc(C(=O)N2NC(C(F)F)=CC2(O)C(F)F)c2ccccc2n1. The number of ether oxygens (including phenoxy) is 1. The molecule has 2 aromatic carbocycles. The highest BCUT2D eigenvalue weighted by molar-refractivity contribution is 6.07. The highest BCUT2D eigenvalue weighted by Gasteiger charge is 2.51. The van der Waals surface area contributed by atoms with Gasteiger partial charge in [0.1, 0.15) is 5.75 Å². The van der Waals surface area contributed by atoms with E-state index in [1.807, 2.05) is 5.43 Å². The van der Waals surface area contributed by atoms with Crippen molar-refractivity contribution in [2.45, 2.75) is 25.5 Å². The van der Waals surface area contributed by atoms with E-state index in [1.165, 1.54) is 6.07 Å². The number of carbonyl (C=O) groups excluding carboxylic acids is 1. The second-order valence-corrected chi connectivity index (χ2v) is 7.24. The first-order valence-electron chi connectivity index (χ1n) is 10.0. The maximum absolute atomic E-state index is 13.7. The molecule has 1 aromatic heterocycles. The lowest BCUT2D eigenvalue weighted by molar-refractivity contribution is -0.146. The fourth-order valence-electron chi connectivity index (χ4n) is 3.60. The fourth-order valence-corrected chi connectivity index (χ4v) is 3.60. The number of hydrogen-bond donors (Lipinski definition) is 2. The largest absolute Gasteiger partial charge is 0.493 e. The lowest BCUT2D eigenvalue weighted by Gasteiger charge is -2.32. The zero-order chi connectivity index (χ0) is 23.8. The number of nitrogens with one attached hydrogen (secondary N) is 1. The van der Waals surface area contributed by atoms with Crippen LogP contribution < -0.4 is 10.2 Å². The summed E-state index contributed by atoms with van der Waals surface area (Å²) in [7, 11) is 0. The minimum Gasteiger partial charge on any atom is -0.493 e. The van der Waals surface area contributed by atoms with Crippen LogP contribution in [0.5, 0.6) is 5.75 Å². The van der Waals surface area contributed by atoms with Crippen LogP contribution in [0.25, 0.3) is 22.2 Å². The second-order valence-electron chi connectivity index (χ2n) is 7.24. The zero-order valence-electron chi connectivity index (χ0n) is 17.3. The molecule has 2 N–H and O–H groups in total. The molecule has 0 saturated carbocycles. The molecule has 2 heterocycles. The maximum atomic E-state index is 13.7. The van der Waals surface area contributed by atoms with Crippen LogP contribution in [0.3, 0.4) is 0 Å². The van der Waals surface area contributed by atoms with E-state index < -0.39 is 30.2 Å². The molecule has 1 aliphatic heterocycles. The molecule has 172 valence electrons. The molecule has 1 unspecified atom stereocenters. The minimum atomic E-state index is -3.54. The van der Waals surface area contributed by atoms with Crippen molar-refractivity contribution in [1.82, 2.24) is 15.4 Å². The number of aromatic nitrogens is 1. The number of rotatable bonds is 6. The summed E-state index contributed by atoms with van der Waals surface area (Å²) in [6.45, 7) is 2.18. The molecule has 1 aliphatic rings. The lowest BCUT2D eigenvalue weighted by Crippen LogP contribution is -2.56. The van der Waals surface area contributed by atoms with Gasteiger partial charge in [-0.2, -0.15) is 0 Å². The lowest BCUT2D eigenvalue weighted by atomic mass is 10.0. The van der Waals surface area contributed by atoms with Crippen molar-refractivity contribution in [2.75, 3.05) is 6.61 Å². The van der Waals surface area contributed by atoms with Crippen LogP contribution in [-0.2, 0) is 0 Å². The van der Waals surface area contributed by atoms with Crippen LogP contribution in [0.4, 0.5) is 17.6 Å². The Morgan fingerprint density at radius 2 is 1.85 bits per heavy atom. The number of amides is 1. The number of halogens is 4. The third-order valence-electron chi connectivity index (χ3n) is 5.14. The van der Waals surface area contributed by atoms with Crippen molar-refractivity contribution in [3.05, 3.63) is 71.9 Å². The predicted octanol–water partition coefficient (Wildman–Crippen LogP) is 4.36. The molecule has 0 fully saturated rings. The van der Waals surface area contributed by atoms with E-state index in [2.05, 4.69) is 4.98 Å². The quantitative estimate of drug-likeness (QED) is 0.534. The highest BCUT2D eigenvalue weighted by Crippen LogP contribution is 2.35. The number of nitrogens with zero attached hydrogens (tertiary/aromatic N) is 2. The number of allylic oxidation sites excluding steroid dienone is 1. The number of hydrogen-bond acceptors (Lipinski definition) is 5. The van der Waals surface area contributed by atoms with Crippen LogP contribution >= 0.6 is 0 Å². The molecule has 1 atom stereocenters. The summed E-state index contributed by atoms with van der Waals surface area (Å²) >= 11 is 0. The van der Waals surface area contributed by atoms with E-state index in [9.17, 15) is 27.5 Å². The summed E-state index contributed by atoms with van der Waals surface area (Å²) in [4.78, 5) is 17.9. The molecule has 0 aliphatic carbocycles. The van der Waals surface area contributed by atoms with Gasteiger partial charge in [-0.3, -0.25) is 10.2 Å². The van der Waals surface area contributed by atoms with Gasteiger partial charge in [0.25, 0.3) is 18.8 Å². The Morgan fingerprint density at radius 3 is 2.55 bits per heavy atom. The minimum absolute atomic E-state index is 0.114. The van der Waals surface area contributed by atoms with Crippen molar-refractivity contribution in [1.29, 1.82) is 0 Å². The first-order valence-corrected chi connectivity index (χ1v) is 10.0. The number of alkyl halides is 4. The molecular formula is C23H19F4N3O3. The second kappa shape index (κ2) is 8.70. The maximum Gasteiger partial charge on any atom is 0.291 e. The number of aliphatic hydroxyl groups is 1. The summed E-state index contributed by atoms with van der Waals surface area (Å²) in [5, 5.41) is 10.8. The number of carbonyl (C=O) groups is 1. The standard InChI is InChI=1S/C23H19F4N3O3/c1-2-33-19-10-6-4-8-14(19)17-11-15(13-7-3-5-9-16(13)28-17)21(31)30-23(32,22(26)27)12-18(29-30)20(24)25/h3-12,20,22,29,32H,2H2,1H3. The molecule has 3 aromatic rings. The average molecular weight is 461 g/mol. The first-order chi connectivity index (χ1) is 15.8. The molecule has 6 nitrogen and oxygen atoms in total. The molecule has 0 saturated heterocycles. The zero-order valence-corrected chi connectivity index (χ0v) is 17.3. The van der Waals surface area contributed by atoms with Gasteiger partial charge in [-0.05, 0) is 31.2 Å². The average Bonchev–Trinajstić information content (AvgIpc) is 3.18. The topological polar surface area (TPSA) is 74.7 Å². The highest BCUT2D eigenvalue weighted by atomic mass is 19.3. The van der Waals surface area contributed by atoms with Gasteiger partial charge in [-0.15, -0.1) is 0 Å². The molecular weight excluding hydrogens is 442 g/mol. The Hall–Kier alpha value is -3.66. The number of para-hydroxylation sites is 2. The first kappa shape index (κ1) is 22.5. The molecule has 1 amide bonds. The van der Waals surface area contributed by atoms with Crippen LogP contribution in [0, 0.1) is 0 Å². The van der Waals surface area contributed by atoms with E-state index in [1.54, 1.807) is 55.5 Å². The van der Waals surface area contributed by atoms with Crippen molar-refractivity contribution < 1.29 is 32.2 Å². The summed E-state index contributed by atoms with van der Waals surface area (Å²) in [6, 6.07) is 14.8. The van der Waals surface area contributed by atoms with Gasteiger partial charge in [0.05, 0.1) is 29.1 Å². The van der Waals surface area contributed by atoms with Gasteiger partial charge in [0.2, 0.25) is 5.72 Å². The Balaban J connectivity index is 1.87. The number of fused-ring (bicyclic) bond motifs is 1. The molecule has 0 spiro atoms. The number of hydrazine groups is 1. The Bertz CT molecular complexity index is 1230. The predicted molar refractivity (Wildman–Crippen MR) is 113 cm³/mol. The summed E-state index contributed by atoms with van der Waals surface area (Å²) in [5.74, 6) is -0.635. The Labute approximate surface area is 186 Å². The smallest absolute Gasteiger partial charge is 0.291 e. The van der Waals surface area contributed by atoms with E-state index in [0.717, 1.165) is 0 Å². The normalized spacial score (nSPS) is 18.1.